The third-order valence-corrected chi connectivity index (χ3v) is 3.89. The summed E-state index contributed by atoms with van der Waals surface area (Å²) in [5.41, 5.74) is 0.943. The van der Waals surface area contributed by atoms with Gasteiger partial charge in [0.25, 0.3) is 0 Å². The van der Waals surface area contributed by atoms with Crippen LogP contribution in [-0.4, -0.2) is 38.8 Å². The highest BCUT2D eigenvalue weighted by Crippen LogP contribution is 2.30. The number of hydrogen-bond donors (Lipinski definition) is 2. The predicted octanol–water partition coefficient (Wildman–Crippen LogP) is 1.74. The van der Waals surface area contributed by atoms with Crippen molar-refractivity contribution in [2.75, 3.05) is 26.8 Å². The molecule has 1 heterocycles. The zero-order chi connectivity index (χ0) is 17.5. The second kappa shape index (κ2) is 8.39. The van der Waals surface area contributed by atoms with Crippen LogP contribution in [0.2, 0.25) is 0 Å². The fraction of sp³-hybridized carbons (Fsp3) is 0.316. The van der Waals surface area contributed by atoms with Gasteiger partial charge in [-0.1, -0.05) is 30.3 Å². The Bertz CT molecular complexity index is 720. The van der Waals surface area contributed by atoms with E-state index in [9.17, 15) is 4.79 Å². The highest BCUT2D eigenvalue weighted by Gasteiger charge is 2.20. The molecule has 132 valence electrons. The van der Waals surface area contributed by atoms with Crippen molar-refractivity contribution in [1.29, 1.82) is 0 Å². The molecule has 0 bridgehead atoms. The molecule has 0 fully saturated rings. The van der Waals surface area contributed by atoms with Crippen LogP contribution in [0.5, 0.6) is 17.2 Å². The fourth-order valence-electron chi connectivity index (χ4n) is 2.62. The molecule has 0 radical (unpaired) electrons. The number of carbonyl (C=O) groups excluding carboxylic acids is 1. The van der Waals surface area contributed by atoms with Crippen molar-refractivity contribution in [3.8, 4) is 17.2 Å². The number of amides is 1. The lowest BCUT2D eigenvalue weighted by molar-refractivity contribution is -0.120. The quantitative estimate of drug-likeness (QED) is 0.802. The summed E-state index contributed by atoms with van der Waals surface area (Å²) < 4.78 is 16.8. The first-order valence-corrected chi connectivity index (χ1v) is 8.24. The predicted molar refractivity (Wildman–Crippen MR) is 94.1 cm³/mol. The van der Waals surface area contributed by atoms with E-state index in [1.807, 2.05) is 48.5 Å². The third kappa shape index (κ3) is 4.64. The van der Waals surface area contributed by atoms with Gasteiger partial charge in [0.05, 0.1) is 13.7 Å². The maximum absolute atomic E-state index is 12.0. The first-order valence-electron chi connectivity index (χ1n) is 8.24. The van der Waals surface area contributed by atoms with Crippen molar-refractivity contribution in [3.05, 3.63) is 54.1 Å². The molecule has 2 aromatic carbocycles. The number of carbonyl (C=O) groups is 1. The molecule has 1 atom stereocenters. The Morgan fingerprint density at radius 2 is 1.92 bits per heavy atom. The van der Waals surface area contributed by atoms with Crippen molar-refractivity contribution in [1.82, 2.24) is 10.6 Å². The van der Waals surface area contributed by atoms with Gasteiger partial charge >= 0.3 is 0 Å². The van der Waals surface area contributed by atoms with Gasteiger partial charge in [-0.05, 0) is 18.2 Å². The smallest absolute Gasteiger partial charge is 0.234 e. The van der Waals surface area contributed by atoms with Gasteiger partial charge in [0.15, 0.2) is 11.5 Å². The number of nitrogens with one attached hydrogen (secondary N) is 2. The lowest BCUT2D eigenvalue weighted by Crippen LogP contribution is -2.42. The molecule has 25 heavy (non-hydrogen) atoms. The molecule has 1 aliphatic heterocycles. The van der Waals surface area contributed by atoms with Gasteiger partial charge in [0.1, 0.15) is 18.5 Å². The number of fused-ring (bicyclic) bond motifs is 1. The summed E-state index contributed by atoms with van der Waals surface area (Å²) in [5, 5.41) is 5.98. The van der Waals surface area contributed by atoms with Crippen LogP contribution in [0, 0.1) is 0 Å². The van der Waals surface area contributed by atoms with Crippen LogP contribution < -0.4 is 24.8 Å². The number of methoxy groups -OCH3 is 1. The average Bonchev–Trinajstić information content (AvgIpc) is 2.66. The summed E-state index contributed by atoms with van der Waals surface area (Å²) in [5.74, 6) is 2.18. The number of rotatable bonds is 7. The highest BCUT2D eigenvalue weighted by molar-refractivity contribution is 5.78. The number of benzene rings is 2. The minimum atomic E-state index is -0.114. The van der Waals surface area contributed by atoms with Crippen LogP contribution in [0.15, 0.2) is 48.5 Å². The molecule has 0 unspecified atom stereocenters. The Labute approximate surface area is 147 Å². The standard InChI is InChI=1S/C19H22N2O4/c1-23-16-7-3-2-6-14(16)10-21-19(22)12-20-11-15-13-24-17-8-4-5-9-18(17)25-15/h2-9,15,20H,10-13H2,1H3,(H,21,22)/t15-/m1/s1. The van der Waals surface area contributed by atoms with Crippen LogP contribution in [0.4, 0.5) is 0 Å². The summed E-state index contributed by atoms with van der Waals surface area (Å²) in [6, 6.07) is 15.2. The first-order chi connectivity index (χ1) is 12.3. The van der Waals surface area contributed by atoms with E-state index in [2.05, 4.69) is 10.6 Å². The largest absolute Gasteiger partial charge is 0.496 e. The van der Waals surface area contributed by atoms with Crippen LogP contribution in [-0.2, 0) is 11.3 Å². The van der Waals surface area contributed by atoms with Gasteiger partial charge < -0.3 is 24.8 Å². The molecule has 2 aromatic rings. The SMILES string of the molecule is COc1ccccc1CNC(=O)CNC[C@@H]1COc2ccccc2O1. The summed E-state index contributed by atoms with van der Waals surface area (Å²) >= 11 is 0. The van der Waals surface area contributed by atoms with Crippen molar-refractivity contribution >= 4 is 5.91 Å². The molecule has 3 rings (SSSR count). The van der Waals surface area contributed by atoms with E-state index in [1.165, 1.54) is 0 Å². The van der Waals surface area contributed by atoms with E-state index in [0.29, 0.717) is 19.7 Å². The Morgan fingerprint density at radius 1 is 1.16 bits per heavy atom. The topological polar surface area (TPSA) is 68.8 Å². The van der Waals surface area contributed by atoms with Gasteiger partial charge in [-0.3, -0.25) is 4.79 Å². The van der Waals surface area contributed by atoms with E-state index < -0.39 is 0 Å². The molecule has 0 spiro atoms. The van der Waals surface area contributed by atoms with Gasteiger partial charge in [0.2, 0.25) is 5.91 Å². The maximum Gasteiger partial charge on any atom is 0.234 e. The minimum Gasteiger partial charge on any atom is -0.496 e. The normalized spacial score (nSPS) is 15.5. The Morgan fingerprint density at radius 3 is 2.76 bits per heavy atom. The lowest BCUT2D eigenvalue weighted by Gasteiger charge is -2.26. The van der Waals surface area contributed by atoms with Gasteiger partial charge in [-0.2, -0.15) is 0 Å². The van der Waals surface area contributed by atoms with E-state index in [-0.39, 0.29) is 18.6 Å². The Kier molecular flexibility index (Phi) is 5.74. The van der Waals surface area contributed by atoms with Crippen molar-refractivity contribution in [3.63, 3.8) is 0 Å². The average molecular weight is 342 g/mol. The van der Waals surface area contributed by atoms with Crippen LogP contribution in [0.1, 0.15) is 5.56 Å². The molecule has 1 aliphatic rings. The molecule has 6 nitrogen and oxygen atoms in total. The zero-order valence-electron chi connectivity index (χ0n) is 14.2. The van der Waals surface area contributed by atoms with Crippen molar-refractivity contribution in [2.24, 2.45) is 0 Å². The van der Waals surface area contributed by atoms with E-state index in [4.69, 9.17) is 14.2 Å². The lowest BCUT2D eigenvalue weighted by atomic mass is 10.2. The summed E-state index contributed by atoms with van der Waals surface area (Å²) in [4.78, 5) is 12.0. The number of para-hydroxylation sites is 3. The van der Waals surface area contributed by atoms with Crippen LogP contribution in [0.25, 0.3) is 0 Å². The molecule has 0 saturated carbocycles. The van der Waals surface area contributed by atoms with Crippen molar-refractivity contribution < 1.29 is 19.0 Å². The Balaban J connectivity index is 1.39. The van der Waals surface area contributed by atoms with E-state index in [0.717, 1.165) is 22.8 Å². The van der Waals surface area contributed by atoms with Gasteiger partial charge in [-0.15, -0.1) is 0 Å². The van der Waals surface area contributed by atoms with Crippen LogP contribution in [0.3, 0.4) is 0 Å². The monoisotopic (exact) mass is 342 g/mol. The Hall–Kier alpha value is -2.73. The molecule has 2 N–H and O–H groups in total. The molecule has 0 aromatic heterocycles. The zero-order valence-corrected chi connectivity index (χ0v) is 14.2. The third-order valence-electron chi connectivity index (χ3n) is 3.89. The molecule has 6 heteroatoms. The second-order valence-electron chi connectivity index (χ2n) is 5.72. The first kappa shape index (κ1) is 17.1. The minimum absolute atomic E-state index is 0.0805. The molecular formula is C19H22N2O4. The van der Waals surface area contributed by atoms with E-state index >= 15 is 0 Å². The maximum atomic E-state index is 12.0. The summed E-state index contributed by atoms with van der Waals surface area (Å²) in [7, 11) is 1.62. The molecular weight excluding hydrogens is 320 g/mol. The second-order valence-corrected chi connectivity index (χ2v) is 5.72. The molecule has 0 aliphatic carbocycles. The van der Waals surface area contributed by atoms with E-state index in [1.54, 1.807) is 7.11 Å². The van der Waals surface area contributed by atoms with Crippen LogP contribution >= 0.6 is 0 Å². The fourth-order valence-corrected chi connectivity index (χ4v) is 2.62. The molecule has 0 saturated heterocycles. The highest BCUT2D eigenvalue weighted by atomic mass is 16.6. The number of ether oxygens (including phenoxy) is 3. The van der Waals surface area contributed by atoms with Crippen molar-refractivity contribution in [2.45, 2.75) is 12.6 Å². The molecule has 1 amide bonds. The summed E-state index contributed by atoms with van der Waals surface area (Å²) in [6.07, 6.45) is -0.114. The van der Waals surface area contributed by atoms with Gasteiger partial charge in [-0.25, -0.2) is 0 Å². The summed E-state index contributed by atoms with van der Waals surface area (Å²) in [6.45, 7) is 1.65. The number of hydrogen-bond acceptors (Lipinski definition) is 5. The van der Waals surface area contributed by atoms with Gasteiger partial charge in [0, 0.05) is 18.7 Å².